The third kappa shape index (κ3) is 3.56. The second kappa shape index (κ2) is 4.60. The fourth-order valence-electron chi connectivity index (χ4n) is 2.07. The Morgan fingerprint density at radius 1 is 1.43 bits per heavy atom. The zero-order valence-corrected chi connectivity index (χ0v) is 9.64. The van der Waals surface area contributed by atoms with E-state index < -0.39 is 0 Å². The molecular weight excluding hydrogens is 178 g/mol. The molecular formula is C11H23NO2. The second-order valence-corrected chi connectivity index (χ2v) is 5.09. The second-order valence-electron chi connectivity index (χ2n) is 5.09. The van der Waals surface area contributed by atoms with Crippen LogP contribution in [0.3, 0.4) is 0 Å². The normalized spacial score (nSPS) is 29.1. The lowest BCUT2D eigenvalue weighted by Crippen LogP contribution is -2.47. The first kappa shape index (κ1) is 12.0. The minimum absolute atomic E-state index is 0.115. The van der Waals surface area contributed by atoms with Gasteiger partial charge in [-0.2, -0.15) is 0 Å². The SMILES string of the molecule is CC(C)(C)OC1(CCN)CCCOC1. The number of rotatable bonds is 3. The first-order chi connectivity index (χ1) is 6.47. The van der Waals surface area contributed by atoms with Crippen molar-refractivity contribution < 1.29 is 9.47 Å². The third-order valence-corrected chi connectivity index (χ3v) is 2.41. The highest BCUT2D eigenvalue weighted by molar-refractivity contribution is 4.86. The van der Waals surface area contributed by atoms with Gasteiger partial charge >= 0.3 is 0 Å². The lowest BCUT2D eigenvalue weighted by molar-refractivity contribution is -0.186. The van der Waals surface area contributed by atoms with Crippen molar-refractivity contribution in [3.05, 3.63) is 0 Å². The van der Waals surface area contributed by atoms with Crippen LogP contribution in [0.25, 0.3) is 0 Å². The van der Waals surface area contributed by atoms with Crippen molar-refractivity contribution in [3.8, 4) is 0 Å². The summed E-state index contributed by atoms with van der Waals surface area (Å²) < 4.78 is 11.6. The maximum Gasteiger partial charge on any atom is 0.0934 e. The molecule has 0 saturated carbocycles. The molecule has 0 bridgehead atoms. The average Bonchev–Trinajstić information content (AvgIpc) is 2.02. The third-order valence-electron chi connectivity index (χ3n) is 2.41. The summed E-state index contributed by atoms with van der Waals surface area (Å²) in [7, 11) is 0. The summed E-state index contributed by atoms with van der Waals surface area (Å²) >= 11 is 0. The van der Waals surface area contributed by atoms with Gasteiger partial charge in [0.05, 0.1) is 17.8 Å². The molecule has 1 rings (SSSR count). The molecule has 0 amide bonds. The van der Waals surface area contributed by atoms with E-state index in [0.717, 1.165) is 25.9 Å². The molecule has 0 aliphatic carbocycles. The van der Waals surface area contributed by atoms with Crippen LogP contribution >= 0.6 is 0 Å². The monoisotopic (exact) mass is 201 g/mol. The van der Waals surface area contributed by atoms with Crippen molar-refractivity contribution in [1.29, 1.82) is 0 Å². The van der Waals surface area contributed by atoms with Gasteiger partial charge in [-0.3, -0.25) is 0 Å². The molecule has 0 spiro atoms. The van der Waals surface area contributed by atoms with Crippen molar-refractivity contribution >= 4 is 0 Å². The van der Waals surface area contributed by atoms with E-state index in [9.17, 15) is 0 Å². The maximum atomic E-state index is 6.10. The lowest BCUT2D eigenvalue weighted by Gasteiger charge is -2.41. The molecule has 1 fully saturated rings. The minimum Gasteiger partial charge on any atom is -0.378 e. The van der Waals surface area contributed by atoms with Crippen LogP contribution < -0.4 is 5.73 Å². The topological polar surface area (TPSA) is 44.5 Å². The Labute approximate surface area is 86.9 Å². The minimum atomic E-state index is -0.134. The number of nitrogens with two attached hydrogens (primary N) is 1. The van der Waals surface area contributed by atoms with Gasteiger partial charge in [-0.25, -0.2) is 0 Å². The molecule has 1 aliphatic heterocycles. The van der Waals surface area contributed by atoms with Gasteiger partial charge in [-0.15, -0.1) is 0 Å². The van der Waals surface area contributed by atoms with Gasteiger partial charge in [0.15, 0.2) is 0 Å². The Bertz CT molecular complexity index is 163. The van der Waals surface area contributed by atoms with Gasteiger partial charge in [-0.1, -0.05) is 0 Å². The Hall–Kier alpha value is -0.120. The molecule has 3 nitrogen and oxygen atoms in total. The molecule has 0 aromatic heterocycles. The van der Waals surface area contributed by atoms with Crippen molar-refractivity contribution in [3.63, 3.8) is 0 Å². The number of hydrogen-bond donors (Lipinski definition) is 1. The first-order valence-electron chi connectivity index (χ1n) is 5.45. The summed E-state index contributed by atoms with van der Waals surface area (Å²) in [5, 5.41) is 0. The summed E-state index contributed by atoms with van der Waals surface area (Å²) in [5.41, 5.74) is 5.38. The van der Waals surface area contributed by atoms with Crippen molar-refractivity contribution in [1.82, 2.24) is 0 Å². The van der Waals surface area contributed by atoms with Gasteiger partial charge in [0.25, 0.3) is 0 Å². The highest BCUT2D eigenvalue weighted by atomic mass is 16.6. The lowest BCUT2D eigenvalue weighted by atomic mass is 9.91. The molecule has 1 saturated heterocycles. The van der Waals surface area contributed by atoms with Gasteiger partial charge in [-0.05, 0) is 46.6 Å². The van der Waals surface area contributed by atoms with E-state index in [1.165, 1.54) is 0 Å². The van der Waals surface area contributed by atoms with Crippen molar-refractivity contribution in [2.45, 2.75) is 51.2 Å². The van der Waals surface area contributed by atoms with Crippen LogP contribution in [0.2, 0.25) is 0 Å². The molecule has 1 unspecified atom stereocenters. The summed E-state index contributed by atoms with van der Waals surface area (Å²) in [5.74, 6) is 0. The predicted molar refractivity (Wildman–Crippen MR) is 57.3 cm³/mol. The first-order valence-corrected chi connectivity index (χ1v) is 5.45. The highest BCUT2D eigenvalue weighted by Gasteiger charge is 2.36. The van der Waals surface area contributed by atoms with Gasteiger partial charge in [0.1, 0.15) is 0 Å². The smallest absolute Gasteiger partial charge is 0.0934 e. The van der Waals surface area contributed by atoms with E-state index in [0.29, 0.717) is 13.2 Å². The molecule has 1 atom stereocenters. The van der Waals surface area contributed by atoms with Gasteiger partial charge in [0.2, 0.25) is 0 Å². The standard InChI is InChI=1S/C11H23NO2/c1-10(2,3)14-11(6-7-12)5-4-8-13-9-11/h4-9,12H2,1-3H3. The zero-order chi connectivity index (χ0) is 10.7. The Balaban J connectivity index is 2.60. The molecule has 1 aliphatic rings. The fourth-order valence-corrected chi connectivity index (χ4v) is 2.07. The Morgan fingerprint density at radius 2 is 2.14 bits per heavy atom. The summed E-state index contributed by atoms with van der Waals surface area (Å²) in [6.07, 6.45) is 3.04. The number of hydrogen-bond acceptors (Lipinski definition) is 3. The quantitative estimate of drug-likeness (QED) is 0.756. The van der Waals surface area contributed by atoms with Crippen LogP contribution in [-0.4, -0.2) is 31.0 Å². The molecule has 0 radical (unpaired) electrons. The van der Waals surface area contributed by atoms with Gasteiger partial charge < -0.3 is 15.2 Å². The number of ether oxygens (including phenoxy) is 2. The molecule has 14 heavy (non-hydrogen) atoms. The van der Waals surface area contributed by atoms with Crippen LogP contribution in [0.15, 0.2) is 0 Å². The van der Waals surface area contributed by atoms with E-state index in [-0.39, 0.29) is 11.2 Å². The van der Waals surface area contributed by atoms with Crippen LogP contribution in [0, 0.1) is 0 Å². The molecule has 3 heteroatoms. The molecule has 0 aromatic rings. The molecule has 2 N–H and O–H groups in total. The predicted octanol–water partition coefficient (Wildman–Crippen LogP) is 1.70. The van der Waals surface area contributed by atoms with E-state index in [1.807, 2.05) is 0 Å². The maximum absolute atomic E-state index is 6.10. The van der Waals surface area contributed by atoms with Gasteiger partial charge in [0, 0.05) is 6.61 Å². The van der Waals surface area contributed by atoms with E-state index in [1.54, 1.807) is 0 Å². The average molecular weight is 201 g/mol. The molecule has 84 valence electrons. The summed E-state index contributed by atoms with van der Waals surface area (Å²) in [4.78, 5) is 0. The van der Waals surface area contributed by atoms with Crippen molar-refractivity contribution in [2.24, 2.45) is 5.73 Å². The van der Waals surface area contributed by atoms with Crippen LogP contribution in [0.5, 0.6) is 0 Å². The molecule has 0 aromatic carbocycles. The zero-order valence-electron chi connectivity index (χ0n) is 9.64. The Morgan fingerprint density at radius 3 is 2.57 bits per heavy atom. The van der Waals surface area contributed by atoms with Crippen molar-refractivity contribution in [2.75, 3.05) is 19.8 Å². The van der Waals surface area contributed by atoms with E-state index >= 15 is 0 Å². The van der Waals surface area contributed by atoms with Crippen LogP contribution in [0.4, 0.5) is 0 Å². The summed E-state index contributed by atoms with van der Waals surface area (Å²) in [6.45, 7) is 8.47. The fraction of sp³-hybridized carbons (Fsp3) is 1.00. The highest BCUT2D eigenvalue weighted by Crippen LogP contribution is 2.31. The van der Waals surface area contributed by atoms with E-state index in [2.05, 4.69) is 20.8 Å². The van der Waals surface area contributed by atoms with E-state index in [4.69, 9.17) is 15.2 Å². The van der Waals surface area contributed by atoms with Crippen LogP contribution in [-0.2, 0) is 9.47 Å². The molecule has 1 heterocycles. The van der Waals surface area contributed by atoms with Crippen LogP contribution in [0.1, 0.15) is 40.0 Å². The summed E-state index contributed by atoms with van der Waals surface area (Å²) in [6, 6.07) is 0. The Kier molecular flexibility index (Phi) is 3.93. The largest absolute Gasteiger partial charge is 0.378 e.